The van der Waals surface area contributed by atoms with Gasteiger partial charge in [-0.05, 0) is 44.0 Å². The summed E-state index contributed by atoms with van der Waals surface area (Å²) in [7, 11) is 0. The number of esters is 1. The van der Waals surface area contributed by atoms with E-state index in [0.717, 1.165) is 30.7 Å². The molecule has 0 radical (unpaired) electrons. The smallest absolute Gasteiger partial charge is 0.313 e. The van der Waals surface area contributed by atoms with Crippen molar-refractivity contribution in [2.75, 3.05) is 19.7 Å². The fourth-order valence-corrected chi connectivity index (χ4v) is 3.47. The molecule has 0 aliphatic carbocycles. The molecular weight excluding hydrogens is 311 g/mol. The zero-order valence-electron chi connectivity index (χ0n) is 13.9. The second-order valence-corrected chi connectivity index (χ2v) is 6.46. The van der Waals surface area contributed by atoms with Crippen molar-refractivity contribution >= 4 is 11.7 Å². The van der Waals surface area contributed by atoms with Crippen LogP contribution in [0.3, 0.4) is 0 Å². The van der Waals surface area contributed by atoms with Gasteiger partial charge in [-0.25, -0.2) is 4.39 Å². The van der Waals surface area contributed by atoms with Gasteiger partial charge in [-0.15, -0.1) is 0 Å². The normalized spacial score (nSPS) is 26.6. The number of carbonyl (C=O) groups is 1. The van der Waals surface area contributed by atoms with Crippen LogP contribution < -0.4 is 5.32 Å². The van der Waals surface area contributed by atoms with E-state index in [2.05, 4.69) is 10.5 Å². The Labute approximate surface area is 141 Å². The molecule has 1 aromatic carbocycles. The van der Waals surface area contributed by atoms with E-state index in [1.807, 2.05) is 6.92 Å². The first-order valence-corrected chi connectivity index (χ1v) is 8.49. The van der Waals surface area contributed by atoms with Gasteiger partial charge in [0.15, 0.2) is 0 Å². The van der Waals surface area contributed by atoms with Crippen LogP contribution in [0.25, 0.3) is 0 Å². The molecule has 1 saturated heterocycles. The molecule has 2 aliphatic rings. The Hall–Kier alpha value is -1.95. The van der Waals surface area contributed by atoms with E-state index >= 15 is 0 Å². The Balaban J connectivity index is 1.66. The standard InChI is InChI=1S/C18H23FN2O3/c1-2-23-17(22)18(8-3-9-20-12-18)11-15-10-16(21-24-15)13-4-6-14(19)7-5-13/h4-7,15,20H,2-3,8-12H2,1H3. The molecule has 6 heteroatoms. The lowest BCUT2D eigenvalue weighted by atomic mass is 9.75. The third-order valence-electron chi connectivity index (χ3n) is 4.71. The van der Waals surface area contributed by atoms with Crippen molar-refractivity contribution in [3.8, 4) is 0 Å². The summed E-state index contributed by atoms with van der Waals surface area (Å²) < 4.78 is 18.3. The van der Waals surface area contributed by atoms with Crippen LogP contribution in [0.1, 0.15) is 38.2 Å². The van der Waals surface area contributed by atoms with Gasteiger partial charge >= 0.3 is 5.97 Å². The molecule has 130 valence electrons. The van der Waals surface area contributed by atoms with Gasteiger partial charge in [0.25, 0.3) is 0 Å². The highest BCUT2D eigenvalue weighted by molar-refractivity contribution is 6.01. The van der Waals surface area contributed by atoms with E-state index in [1.165, 1.54) is 12.1 Å². The van der Waals surface area contributed by atoms with Gasteiger partial charge < -0.3 is 14.9 Å². The first-order valence-electron chi connectivity index (χ1n) is 8.49. The summed E-state index contributed by atoms with van der Waals surface area (Å²) >= 11 is 0. The number of hydrogen-bond acceptors (Lipinski definition) is 5. The second kappa shape index (κ2) is 7.30. The van der Waals surface area contributed by atoms with Crippen LogP contribution in [0.2, 0.25) is 0 Å². The van der Waals surface area contributed by atoms with Crippen molar-refractivity contribution in [1.82, 2.24) is 5.32 Å². The number of benzene rings is 1. The molecule has 2 heterocycles. The minimum atomic E-state index is -0.549. The number of nitrogens with zero attached hydrogens (tertiary/aromatic N) is 1. The molecule has 5 nitrogen and oxygen atoms in total. The fraction of sp³-hybridized carbons (Fsp3) is 0.556. The number of nitrogens with one attached hydrogen (secondary N) is 1. The van der Waals surface area contributed by atoms with Crippen LogP contribution in [0, 0.1) is 11.2 Å². The molecule has 3 rings (SSSR count). The molecule has 2 unspecified atom stereocenters. The van der Waals surface area contributed by atoms with E-state index in [4.69, 9.17) is 9.57 Å². The summed E-state index contributed by atoms with van der Waals surface area (Å²) in [6.07, 6.45) is 2.77. The quantitative estimate of drug-likeness (QED) is 0.841. The molecular formula is C18H23FN2O3. The summed E-state index contributed by atoms with van der Waals surface area (Å²) in [5.41, 5.74) is 1.10. The molecule has 2 atom stereocenters. The van der Waals surface area contributed by atoms with Crippen LogP contribution in [0.15, 0.2) is 29.4 Å². The summed E-state index contributed by atoms with van der Waals surface area (Å²) in [5.74, 6) is -0.430. The maximum Gasteiger partial charge on any atom is 0.313 e. The van der Waals surface area contributed by atoms with Crippen LogP contribution in [0.5, 0.6) is 0 Å². The minimum absolute atomic E-state index is 0.156. The van der Waals surface area contributed by atoms with Crippen LogP contribution in [-0.2, 0) is 14.4 Å². The zero-order valence-corrected chi connectivity index (χ0v) is 13.9. The molecule has 0 bridgehead atoms. The molecule has 1 aromatic rings. The summed E-state index contributed by atoms with van der Waals surface area (Å²) in [6, 6.07) is 6.22. The Morgan fingerprint density at radius 1 is 1.46 bits per heavy atom. The van der Waals surface area contributed by atoms with E-state index in [1.54, 1.807) is 12.1 Å². The van der Waals surface area contributed by atoms with Crippen molar-refractivity contribution in [2.24, 2.45) is 10.6 Å². The third-order valence-corrected chi connectivity index (χ3v) is 4.71. The number of halogens is 1. The van der Waals surface area contributed by atoms with Crippen molar-refractivity contribution in [1.29, 1.82) is 0 Å². The molecule has 2 aliphatic heterocycles. The number of carbonyl (C=O) groups excluding carboxylic acids is 1. The van der Waals surface area contributed by atoms with E-state index in [0.29, 0.717) is 26.0 Å². The average molecular weight is 334 g/mol. The highest BCUT2D eigenvalue weighted by Gasteiger charge is 2.44. The minimum Gasteiger partial charge on any atom is -0.466 e. The molecule has 0 amide bonds. The lowest BCUT2D eigenvalue weighted by Crippen LogP contribution is -2.48. The molecule has 0 spiro atoms. The Morgan fingerprint density at radius 2 is 2.25 bits per heavy atom. The van der Waals surface area contributed by atoms with Crippen molar-refractivity contribution in [2.45, 2.75) is 38.7 Å². The number of piperidine rings is 1. The Kier molecular flexibility index (Phi) is 5.14. The zero-order chi connectivity index (χ0) is 17.0. The van der Waals surface area contributed by atoms with Gasteiger partial charge in [-0.1, -0.05) is 17.3 Å². The van der Waals surface area contributed by atoms with Crippen molar-refractivity contribution in [3.05, 3.63) is 35.6 Å². The fourth-order valence-electron chi connectivity index (χ4n) is 3.47. The van der Waals surface area contributed by atoms with Crippen LogP contribution in [0.4, 0.5) is 4.39 Å². The van der Waals surface area contributed by atoms with E-state index < -0.39 is 5.41 Å². The maximum atomic E-state index is 13.0. The predicted octanol–water partition coefficient (Wildman–Crippen LogP) is 2.64. The predicted molar refractivity (Wildman–Crippen MR) is 88.2 cm³/mol. The van der Waals surface area contributed by atoms with Gasteiger partial charge in [0.2, 0.25) is 0 Å². The lowest BCUT2D eigenvalue weighted by Gasteiger charge is -2.36. The number of oxime groups is 1. The monoisotopic (exact) mass is 334 g/mol. The van der Waals surface area contributed by atoms with Gasteiger partial charge in [0.05, 0.1) is 17.7 Å². The van der Waals surface area contributed by atoms with Crippen LogP contribution in [-0.4, -0.2) is 37.5 Å². The lowest BCUT2D eigenvalue weighted by molar-refractivity contribution is -0.159. The highest BCUT2D eigenvalue weighted by atomic mass is 19.1. The molecule has 1 fully saturated rings. The molecule has 1 N–H and O–H groups in total. The highest BCUT2D eigenvalue weighted by Crippen LogP contribution is 2.36. The molecule has 0 aromatic heterocycles. The van der Waals surface area contributed by atoms with Crippen LogP contribution >= 0.6 is 0 Å². The Morgan fingerprint density at radius 3 is 2.92 bits per heavy atom. The SMILES string of the molecule is CCOC(=O)C1(CC2CC(c3ccc(F)cc3)=NO2)CCCNC1. The first-order chi connectivity index (χ1) is 11.6. The Bertz CT molecular complexity index is 609. The number of ether oxygens (including phenoxy) is 1. The van der Waals surface area contributed by atoms with Gasteiger partial charge in [-0.2, -0.15) is 0 Å². The third kappa shape index (κ3) is 3.59. The number of hydrogen-bond donors (Lipinski definition) is 1. The number of rotatable bonds is 5. The largest absolute Gasteiger partial charge is 0.466 e. The second-order valence-electron chi connectivity index (χ2n) is 6.46. The first kappa shape index (κ1) is 16.9. The molecule has 0 saturated carbocycles. The van der Waals surface area contributed by atoms with Gasteiger partial charge in [0.1, 0.15) is 11.9 Å². The molecule has 24 heavy (non-hydrogen) atoms. The van der Waals surface area contributed by atoms with Gasteiger partial charge in [0, 0.05) is 19.4 Å². The maximum absolute atomic E-state index is 13.0. The topological polar surface area (TPSA) is 59.9 Å². The van der Waals surface area contributed by atoms with Crippen molar-refractivity contribution < 1.29 is 18.8 Å². The average Bonchev–Trinajstić information content (AvgIpc) is 3.05. The van der Waals surface area contributed by atoms with Gasteiger partial charge in [-0.3, -0.25) is 4.79 Å². The summed E-state index contributed by atoms with van der Waals surface area (Å²) in [5, 5.41) is 7.44. The van der Waals surface area contributed by atoms with E-state index in [9.17, 15) is 9.18 Å². The summed E-state index contributed by atoms with van der Waals surface area (Å²) in [4.78, 5) is 18.1. The van der Waals surface area contributed by atoms with Crippen molar-refractivity contribution in [3.63, 3.8) is 0 Å². The summed E-state index contributed by atoms with van der Waals surface area (Å²) in [6.45, 7) is 3.73. The van der Waals surface area contributed by atoms with E-state index in [-0.39, 0.29) is 17.9 Å².